The van der Waals surface area contributed by atoms with Crippen molar-refractivity contribution >= 4 is 18.0 Å². The predicted molar refractivity (Wildman–Crippen MR) is 93.7 cm³/mol. The maximum Gasteiger partial charge on any atom is 0.303 e. The molecule has 3 atom stereocenters. The molecule has 2 aromatic rings. The molecule has 0 saturated heterocycles. The Bertz CT molecular complexity index is 780. The lowest BCUT2D eigenvalue weighted by molar-refractivity contribution is -0.148. The van der Waals surface area contributed by atoms with Gasteiger partial charge in [-0.3, -0.25) is 4.79 Å². The van der Waals surface area contributed by atoms with Crippen LogP contribution in [-0.4, -0.2) is 21.1 Å². The Morgan fingerprint density at radius 2 is 2.00 bits per heavy atom. The molecule has 1 aliphatic rings. The number of hydrogen-bond acceptors (Lipinski definition) is 5. The highest BCUT2D eigenvalue weighted by atomic mass is 32.2. The zero-order chi connectivity index (χ0) is 18.0. The van der Waals surface area contributed by atoms with Crippen LogP contribution in [0.25, 0.3) is 0 Å². The molecule has 2 aromatic carbocycles. The van der Waals surface area contributed by atoms with Crippen LogP contribution in [0.15, 0.2) is 42.5 Å². The fourth-order valence-electron chi connectivity index (χ4n) is 3.47. The second-order valence-electron chi connectivity index (χ2n) is 6.15. The van der Waals surface area contributed by atoms with Gasteiger partial charge in [-0.1, -0.05) is 30.3 Å². The average Bonchev–Trinajstić information content (AvgIpc) is 2.70. The van der Waals surface area contributed by atoms with E-state index in [1.165, 1.54) is 19.1 Å². The van der Waals surface area contributed by atoms with Crippen molar-refractivity contribution in [2.75, 3.05) is 0 Å². The van der Waals surface area contributed by atoms with Crippen molar-refractivity contribution in [3.05, 3.63) is 70.5 Å². The molecule has 0 aliphatic heterocycles. The molecule has 0 heterocycles. The number of aliphatic hydroxyl groups is 1. The topological polar surface area (TPSA) is 66.8 Å². The van der Waals surface area contributed by atoms with E-state index in [4.69, 9.17) is 4.74 Å². The lowest BCUT2D eigenvalue weighted by atomic mass is 9.86. The third kappa shape index (κ3) is 3.86. The quantitative estimate of drug-likeness (QED) is 0.488. The molecule has 3 rings (SSSR count). The third-order valence-corrected chi connectivity index (χ3v) is 4.92. The largest absolute Gasteiger partial charge is 0.457 e. The lowest BCUT2D eigenvalue weighted by Crippen LogP contribution is -2.21. The van der Waals surface area contributed by atoms with Gasteiger partial charge >= 0.3 is 5.97 Å². The molecule has 0 aromatic heterocycles. The average molecular weight is 362 g/mol. The first-order valence-corrected chi connectivity index (χ1v) is 8.85. The van der Waals surface area contributed by atoms with E-state index in [1.54, 1.807) is 6.07 Å². The van der Waals surface area contributed by atoms with Crippen LogP contribution < -0.4 is 0 Å². The van der Waals surface area contributed by atoms with E-state index in [-0.39, 0.29) is 6.42 Å². The van der Waals surface area contributed by atoms with Crippen molar-refractivity contribution in [1.29, 1.82) is 0 Å². The third-order valence-electron chi connectivity index (χ3n) is 4.49. The molecule has 0 bridgehead atoms. The summed E-state index contributed by atoms with van der Waals surface area (Å²) in [5, 5.41) is 9.98. The monoisotopic (exact) mass is 362 g/mol. The van der Waals surface area contributed by atoms with E-state index in [2.05, 4.69) is 0 Å². The minimum Gasteiger partial charge on any atom is -0.457 e. The summed E-state index contributed by atoms with van der Waals surface area (Å²) in [7, 11) is 0. The summed E-state index contributed by atoms with van der Waals surface area (Å²) < 4.78 is 28.6. The van der Waals surface area contributed by atoms with Crippen LogP contribution in [0.5, 0.6) is 0 Å². The van der Waals surface area contributed by atoms with E-state index >= 15 is 0 Å². The number of hydrogen-bond donors (Lipinski definition) is 2. The van der Waals surface area contributed by atoms with Crippen molar-refractivity contribution in [2.45, 2.75) is 37.2 Å². The van der Waals surface area contributed by atoms with Gasteiger partial charge in [0, 0.05) is 24.9 Å². The summed E-state index contributed by atoms with van der Waals surface area (Å²) in [5.74, 6) is -1.27. The number of fused-ring (bicyclic) bond motifs is 2. The molecule has 0 spiro atoms. The molecule has 0 fully saturated rings. The van der Waals surface area contributed by atoms with Gasteiger partial charge < -0.3 is 14.4 Å². The molecular weight excluding hydrogens is 343 g/mol. The summed E-state index contributed by atoms with van der Waals surface area (Å²) in [4.78, 5) is 11.7. The molecule has 25 heavy (non-hydrogen) atoms. The number of esters is 1. The van der Waals surface area contributed by atoms with Crippen molar-refractivity contribution in [2.24, 2.45) is 0 Å². The lowest BCUT2D eigenvalue weighted by Gasteiger charge is -2.28. The van der Waals surface area contributed by atoms with Crippen LogP contribution in [0, 0.1) is 5.82 Å². The Morgan fingerprint density at radius 1 is 1.28 bits per heavy atom. The molecule has 0 unspecified atom stereocenters. The van der Waals surface area contributed by atoms with Gasteiger partial charge in [0.15, 0.2) is 0 Å². The number of aliphatic hydroxyl groups excluding tert-OH is 1. The number of benzene rings is 2. The molecule has 4 nitrogen and oxygen atoms in total. The van der Waals surface area contributed by atoms with Crippen LogP contribution >= 0.6 is 12.0 Å². The van der Waals surface area contributed by atoms with Gasteiger partial charge in [-0.15, -0.1) is 0 Å². The summed E-state index contributed by atoms with van der Waals surface area (Å²) >= 11 is 0.346. The number of carbonyl (C=O) groups excluding carboxylic acids is 1. The Balaban J connectivity index is 2.17. The van der Waals surface area contributed by atoms with E-state index in [1.807, 2.05) is 24.3 Å². The van der Waals surface area contributed by atoms with Gasteiger partial charge in [-0.25, -0.2) is 4.39 Å². The summed E-state index contributed by atoms with van der Waals surface area (Å²) in [6.45, 7) is 1.31. The van der Waals surface area contributed by atoms with Crippen LogP contribution in [-0.2, 0) is 16.0 Å². The number of ether oxygens (including phenoxy) is 1. The van der Waals surface area contributed by atoms with Crippen molar-refractivity contribution in [3.63, 3.8) is 0 Å². The van der Waals surface area contributed by atoms with E-state index < -0.39 is 29.2 Å². The van der Waals surface area contributed by atoms with Crippen LogP contribution in [0.3, 0.4) is 0 Å². The first-order valence-electron chi connectivity index (χ1n) is 8.01. The van der Waals surface area contributed by atoms with Crippen LogP contribution in [0.4, 0.5) is 4.39 Å². The number of carbonyl (C=O) groups is 1. The number of halogens is 1. The molecule has 6 heteroatoms. The van der Waals surface area contributed by atoms with E-state index in [0.29, 0.717) is 24.0 Å². The molecule has 0 amide bonds. The maximum absolute atomic E-state index is 13.9. The van der Waals surface area contributed by atoms with E-state index in [9.17, 15) is 18.8 Å². The van der Waals surface area contributed by atoms with Gasteiger partial charge in [-0.05, 0) is 47.2 Å². The minimum absolute atomic E-state index is 0.173. The summed E-state index contributed by atoms with van der Waals surface area (Å²) in [6.07, 6.45) is 0.0303. The predicted octanol–water partition coefficient (Wildman–Crippen LogP) is 4.03. The standard InChI is InChI=1S/C19H19FO4S/c1-11(21)24-19-16-9-14(20)7-6-13(16)8-12-4-2-3-5-15(12)17(19)10-18(22)25-23/h2-7,9,17-19,22-23H,8,10H2,1H3/t17-,18+,19+/m1/s1. The first-order chi connectivity index (χ1) is 12.0. The molecular formula is C19H19FO4S. The van der Waals surface area contributed by atoms with Gasteiger partial charge in [0.1, 0.15) is 17.4 Å². The fourth-order valence-corrected chi connectivity index (χ4v) is 3.76. The van der Waals surface area contributed by atoms with Crippen molar-refractivity contribution < 1.29 is 23.6 Å². The summed E-state index contributed by atoms with van der Waals surface area (Å²) in [6, 6.07) is 12.2. The molecule has 132 valence electrons. The second-order valence-corrected chi connectivity index (χ2v) is 6.91. The minimum atomic E-state index is -1.04. The fraction of sp³-hybridized carbons (Fsp3) is 0.316. The van der Waals surface area contributed by atoms with E-state index in [0.717, 1.165) is 16.7 Å². The highest BCUT2D eigenvalue weighted by molar-refractivity contribution is 7.94. The Labute approximate surface area is 149 Å². The molecule has 0 radical (unpaired) electrons. The van der Waals surface area contributed by atoms with Gasteiger partial charge in [0.2, 0.25) is 0 Å². The molecule has 0 saturated carbocycles. The molecule has 2 N–H and O–H groups in total. The van der Waals surface area contributed by atoms with Gasteiger partial charge in [0.05, 0.1) is 0 Å². The zero-order valence-corrected chi connectivity index (χ0v) is 14.5. The van der Waals surface area contributed by atoms with Gasteiger partial charge in [0.25, 0.3) is 0 Å². The summed E-state index contributed by atoms with van der Waals surface area (Å²) in [5.41, 5.74) is 2.41. The number of rotatable bonds is 4. The Hall–Kier alpha value is -1.89. The Morgan fingerprint density at radius 3 is 2.72 bits per heavy atom. The maximum atomic E-state index is 13.9. The smallest absolute Gasteiger partial charge is 0.303 e. The van der Waals surface area contributed by atoms with Gasteiger partial charge in [-0.2, -0.15) is 0 Å². The SMILES string of the molecule is CC(=O)O[C@H]1c2cc(F)ccc2Cc2ccccc2[C@H]1C[C@@H](O)SO. The Kier molecular flexibility index (Phi) is 5.42. The van der Waals surface area contributed by atoms with Crippen LogP contribution in [0.1, 0.15) is 47.6 Å². The highest BCUT2D eigenvalue weighted by Crippen LogP contribution is 2.44. The molecule has 1 aliphatic carbocycles. The first kappa shape index (κ1) is 17.9. The van der Waals surface area contributed by atoms with Crippen molar-refractivity contribution in [3.8, 4) is 0 Å². The zero-order valence-electron chi connectivity index (χ0n) is 13.7. The highest BCUT2D eigenvalue weighted by Gasteiger charge is 2.35. The van der Waals surface area contributed by atoms with Crippen molar-refractivity contribution in [1.82, 2.24) is 0 Å². The normalized spacial score (nSPS) is 20.2. The van der Waals surface area contributed by atoms with Crippen LogP contribution in [0.2, 0.25) is 0 Å². The second kappa shape index (κ2) is 7.56.